The summed E-state index contributed by atoms with van der Waals surface area (Å²) >= 11 is 0. The summed E-state index contributed by atoms with van der Waals surface area (Å²) in [4.78, 5) is 10.6. The minimum absolute atomic E-state index is 0.105. The lowest BCUT2D eigenvalue weighted by molar-refractivity contribution is -0.142. The van der Waals surface area contributed by atoms with Crippen molar-refractivity contribution in [2.75, 3.05) is 0 Å². The van der Waals surface area contributed by atoms with Gasteiger partial charge in [-0.3, -0.25) is 4.79 Å². The van der Waals surface area contributed by atoms with Crippen LogP contribution >= 0.6 is 0 Å². The minimum atomic E-state index is -0.950. The summed E-state index contributed by atoms with van der Waals surface area (Å²) in [6.45, 7) is 1.53. The number of rotatable bonds is 4. The summed E-state index contributed by atoms with van der Waals surface area (Å²) in [5, 5.41) is 27.4. The topological polar surface area (TPSA) is 81.3 Å². The van der Waals surface area contributed by atoms with Crippen molar-refractivity contribution in [3.05, 3.63) is 35.4 Å². The van der Waals surface area contributed by atoms with E-state index in [1.165, 1.54) is 6.92 Å². The number of aliphatic hydroxyl groups excluding tert-OH is 1. The molecule has 2 atom stereocenters. The molecule has 0 saturated heterocycles. The Morgan fingerprint density at radius 1 is 1.50 bits per heavy atom. The first-order valence-corrected chi connectivity index (χ1v) is 4.96. The number of carbonyl (C=O) groups is 1. The highest BCUT2D eigenvalue weighted by molar-refractivity contribution is 5.69. The lowest BCUT2D eigenvalue weighted by Gasteiger charge is -2.14. The van der Waals surface area contributed by atoms with Gasteiger partial charge in [0, 0.05) is 0 Å². The maximum Gasteiger partial charge on any atom is 0.306 e. The highest BCUT2D eigenvalue weighted by atomic mass is 16.4. The maximum absolute atomic E-state index is 10.6. The first kappa shape index (κ1) is 12.2. The van der Waals surface area contributed by atoms with Crippen LogP contribution in [0.4, 0.5) is 0 Å². The molecule has 0 spiro atoms. The third-order valence-corrected chi connectivity index (χ3v) is 2.44. The minimum Gasteiger partial charge on any atom is -0.481 e. The summed E-state index contributed by atoms with van der Waals surface area (Å²) < 4.78 is 0. The van der Waals surface area contributed by atoms with Crippen LogP contribution in [0.1, 0.15) is 30.6 Å². The van der Waals surface area contributed by atoms with E-state index in [2.05, 4.69) is 0 Å². The van der Waals surface area contributed by atoms with Crippen LogP contribution in [-0.2, 0) is 4.79 Å². The second-order valence-corrected chi connectivity index (χ2v) is 3.69. The number of carboxylic acids is 1. The van der Waals surface area contributed by atoms with Crippen LogP contribution in [0.3, 0.4) is 0 Å². The molecule has 84 valence electrons. The number of hydrogen-bond acceptors (Lipinski definition) is 3. The SMILES string of the molecule is CC(CC(O)c1ccccc1C#N)C(=O)O. The number of aliphatic carboxylic acids is 1. The Bertz CT molecular complexity index is 423. The monoisotopic (exact) mass is 219 g/mol. The van der Waals surface area contributed by atoms with Crippen LogP contribution < -0.4 is 0 Å². The van der Waals surface area contributed by atoms with Gasteiger partial charge in [-0.1, -0.05) is 25.1 Å². The van der Waals surface area contributed by atoms with E-state index in [4.69, 9.17) is 10.4 Å². The van der Waals surface area contributed by atoms with E-state index >= 15 is 0 Å². The Labute approximate surface area is 93.8 Å². The molecule has 0 heterocycles. The molecule has 0 aromatic heterocycles. The molecule has 1 rings (SSSR count). The van der Waals surface area contributed by atoms with Gasteiger partial charge in [-0.15, -0.1) is 0 Å². The van der Waals surface area contributed by atoms with Gasteiger partial charge >= 0.3 is 5.97 Å². The number of nitriles is 1. The molecule has 1 aromatic rings. The molecular weight excluding hydrogens is 206 g/mol. The predicted molar refractivity (Wildman–Crippen MR) is 57.5 cm³/mol. The number of carboxylic acid groups (broad SMARTS) is 1. The zero-order valence-electron chi connectivity index (χ0n) is 8.92. The first-order chi connectivity index (χ1) is 7.56. The standard InChI is InChI=1S/C12H13NO3/c1-8(12(15)16)6-11(14)10-5-3-2-4-9(10)7-13/h2-5,8,11,14H,6H2,1H3,(H,15,16). The van der Waals surface area contributed by atoms with Crippen LogP contribution in [0.15, 0.2) is 24.3 Å². The van der Waals surface area contributed by atoms with Gasteiger partial charge in [0.25, 0.3) is 0 Å². The molecule has 0 amide bonds. The molecule has 2 unspecified atom stereocenters. The number of nitrogens with zero attached hydrogens (tertiary/aromatic N) is 1. The third kappa shape index (κ3) is 2.81. The molecule has 0 radical (unpaired) electrons. The van der Waals surface area contributed by atoms with Gasteiger partial charge in [0.1, 0.15) is 0 Å². The van der Waals surface area contributed by atoms with Crippen molar-refractivity contribution in [3.8, 4) is 6.07 Å². The Morgan fingerprint density at radius 3 is 2.69 bits per heavy atom. The van der Waals surface area contributed by atoms with Crippen molar-refractivity contribution in [2.24, 2.45) is 5.92 Å². The van der Waals surface area contributed by atoms with E-state index in [1.54, 1.807) is 24.3 Å². The third-order valence-electron chi connectivity index (χ3n) is 2.44. The van der Waals surface area contributed by atoms with Gasteiger partial charge in [-0.25, -0.2) is 0 Å². The highest BCUT2D eigenvalue weighted by Gasteiger charge is 2.19. The van der Waals surface area contributed by atoms with Crippen molar-refractivity contribution in [1.82, 2.24) is 0 Å². The van der Waals surface area contributed by atoms with Crippen LogP contribution in [0.2, 0.25) is 0 Å². The Kier molecular flexibility index (Phi) is 4.03. The first-order valence-electron chi connectivity index (χ1n) is 4.96. The number of benzene rings is 1. The summed E-state index contributed by atoms with van der Waals surface area (Å²) in [5.74, 6) is -1.59. The Morgan fingerprint density at radius 2 is 2.12 bits per heavy atom. The van der Waals surface area contributed by atoms with Gasteiger partial charge in [-0.05, 0) is 18.1 Å². The van der Waals surface area contributed by atoms with E-state index in [9.17, 15) is 9.90 Å². The fourth-order valence-electron chi connectivity index (χ4n) is 1.45. The van der Waals surface area contributed by atoms with Gasteiger partial charge in [0.2, 0.25) is 0 Å². The molecule has 4 heteroatoms. The molecule has 0 bridgehead atoms. The second-order valence-electron chi connectivity index (χ2n) is 3.69. The molecule has 0 aliphatic heterocycles. The van der Waals surface area contributed by atoms with Gasteiger partial charge < -0.3 is 10.2 Å². The zero-order valence-corrected chi connectivity index (χ0v) is 8.92. The average molecular weight is 219 g/mol. The van der Waals surface area contributed by atoms with E-state index in [0.29, 0.717) is 11.1 Å². The van der Waals surface area contributed by atoms with Crippen LogP contribution in [0.5, 0.6) is 0 Å². The summed E-state index contributed by atoms with van der Waals surface area (Å²) in [6, 6.07) is 8.63. The zero-order chi connectivity index (χ0) is 12.1. The lowest BCUT2D eigenvalue weighted by Crippen LogP contribution is -2.14. The van der Waals surface area contributed by atoms with Crippen molar-refractivity contribution in [1.29, 1.82) is 5.26 Å². The molecule has 2 N–H and O–H groups in total. The average Bonchev–Trinajstić information content (AvgIpc) is 2.28. The fraction of sp³-hybridized carbons (Fsp3) is 0.333. The largest absolute Gasteiger partial charge is 0.481 e. The quantitative estimate of drug-likeness (QED) is 0.807. The molecule has 4 nitrogen and oxygen atoms in total. The summed E-state index contributed by atoms with van der Waals surface area (Å²) in [6.07, 6.45) is -0.810. The van der Waals surface area contributed by atoms with E-state index in [-0.39, 0.29) is 6.42 Å². The Hall–Kier alpha value is -1.86. The van der Waals surface area contributed by atoms with Gasteiger partial charge in [-0.2, -0.15) is 5.26 Å². The van der Waals surface area contributed by atoms with E-state index < -0.39 is 18.0 Å². The maximum atomic E-state index is 10.6. The van der Waals surface area contributed by atoms with E-state index in [1.807, 2.05) is 6.07 Å². The molecule has 0 fully saturated rings. The van der Waals surface area contributed by atoms with Crippen LogP contribution in [-0.4, -0.2) is 16.2 Å². The van der Waals surface area contributed by atoms with Gasteiger partial charge in [0.05, 0.1) is 23.7 Å². The molecule has 1 aromatic carbocycles. The van der Waals surface area contributed by atoms with Crippen molar-refractivity contribution in [3.63, 3.8) is 0 Å². The molecule has 0 aliphatic carbocycles. The van der Waals surface area contributed by atoms with Crippen molar-refractivity contribution in [2.45, 2.75) is 19.4 Å². The molecular formula is C12H13NO3. The second kappa shape index (κ2) is 5.29. The van der Waals surface area contributed by atoms with Crippen molar-refractivity contribution >= 4 is 5.97 Å². The predicted octanol–water partition coefficient (Wildman–Crippen LogP) is 1.70. The summed E-state index contributed by atoms with van der Waals surface area (Å²) in [5.41, 5.74) is 0.866. The lowest BCUT2D eigenvalue weighted by atomic mass is 9.95. The Balaban J connectivity index is 2.85. The smallest absolute Gasteiger partial charge is 0.306 e. The molecule has 0 aliphatic rings. The fourth-order valence-corrected chi connectivity index (χ4v) is 1.45. The number of aliphatic hydroxyl groups is 1. The van der Waals surface area contributed by atoms with Crippen molar-refractivity contribution < 1.29 is 15.0 Å². The normalized spacial score (nSPS) is 13.8. The van der Waals surface area contributed by atoms with Crippen LogP contribution in [0.25, 0.3) is 0 Å². The van der Waals surface area contributed by atoms with Gasteiger partial charge in [0.15, 0.2) is 0 Å². The van der Waals surface area contributed by atoms with E-state index in [0.717, 1.165) is 0 Å². The molecule has 16 heavy (non-hydrogen) atoms. The summed E-state index contributed by atoms with van der Waals surface area (Å²) in [7, 11) is 0. The highest BCUT2D eigenvalue weighted by Crippen LogP contribution is 2.23. The van der Waals surface area contributed by atoms with Crippen LogP contribution in [0, 0.1) is 17.2 Å². The number of hydrogen-bond donors (Lipinski definition) is 2. The molecule has 0 saturated carbocycles.